The van der Waals surface area contributed by atoms with Crippen LogP contribution in [0.25, 0.3) is 0 Å². The Balaban J connectivity index is 2.44. The number of esters is 1. The highest BCUT2D eigenvalue weighted by atomic mass is 28.4. The Kier molecular flexibility index (Phi) is 10.1. The van der Waals surface area contributed by atoms with E-state index in [1.807, 2.05) is 26.0 Å². The van der Waals surface area contributed by atoms with Gasteiger partial charge in [-0.15, -0.1) is 0 Å². The van der Waals surface area contributed by atoms with Gasteiger partial charge in [0, 0.05) is 13.2 Å². The van der Waals surface area contributed by atoms with Crippen LogP contribution in [0.5, 0.6) is 0 Å². The van der Waals surface area contributed by atoms with Crippen LogP contribution in [-0.4, -0.2) is 39.2 Å². The number of aliphatic hydroxyl groups excluding tert-OH is 1. The molecule has 0 aliphatic rings. The van der Waals surface area contributed by atoms with Crippen molar-refractivity contribution >= 4 is 24.7 Å². The molecule has 2 aromatic rings. The van der Waals surface area contributed by atoms with E-state index in [9.17, 15) is 9.90 Å². The second-order valence-electron chi connectivity index (χ2n) is 9.62. The predicted molar refractivity (Wildman–Crippen MR) is 138 cm³/mol. The Hall–Kier alpha value is -2.21. The van der Waals surface area contributed by atoms with Crippen LogP contribution in [0.1, 0.15) is 47.5 Å². The van der Waals surface area contributed by atoms with Crippen molar-refractivity contribution in [1.29, 1.82) is 0 Å². The maximum Gasteiger partial charge on any atom is 0.309 e. The van der Waals surface area contributed by atoms with Crippen molar-refractivity contribution in [3.63, 3.8) is 0 Å². The zero-order chi connectivity index (χ0) is 24.5. The lowest BCUT2D eigenvalue weighted by Crippen LogP contribution is -2.66. The second-order valence-corrected chi connectivity index (χ2v) is 13.9. The Bertz CT molecular complexity index is 834. The Labute approximate surface area is 200 Å². The molecular formula is C28H40O4Si. The minimum Gasteiger partial charge on any atom is -0.466 e. The molecule has 1 N–H and O–H groups in total. The van der Waals surface area contributed by atoms with Crippen LogP contribution in [0.2, 0.25) is 5.04 Å². The molecule has 0 aromatic heterocycles. The van der Waals surface area contributed by atoms with Gasteiger partial charge >= 0.3 is 5.97 Å². The zero-order valence-corrected chi connectivity index (χ0v) is 21.8. The summed E-state index contributed by atoms with van der Waals surface area (Å²) in [6.07, 6.45) is 0.999. The molecule has 0 aliphatic heterocycles. The van der Waals surface area contributed by atoms with Crippen LogP contribution in [0.3, 0.4) is 0 Å². The fraction of sp³-hybridized carbons (Fsp3) is 0.464. The van der Waals surface area contributed by atoms with E-state index in [0.29, 0.717) is 26.1 Å². The highest BCUT2D eigenvalue weighted by Crippen LogP contribution is 2.37. The quantitative estimate of drug-likeness (QED) is 0.279. The first-order chi connectivity index (χ1) is 15.7. The zero-order valence-electron chi connectivity index (χ0n) is 20.8. The number of rotatable bonds is 12. The van der Waals surface area contributed by atoms with Crippen LogP contribution in [-0.2, 0) is 14.0 Å². The molecule has 33 heavy (non-hydrogen) atoms. The van der Waals surface area contributed by atoms with Gasteiger partial charge in [0.1, 0.15) is 0 Å². The summed E-state index contributed by atoms with van der Waals surface area (Å²) in [7, 11) is -2.67. The Morgan fingerprint density at radius 3 is 1.88 bits per heavy atom. The number of carbonyl (C=O) groups is 1. The Morgan fingerprint density at radius 2 is 1.48 bits per heavy atom. The molecule has 2 unspecified atom stereocenters. The number of benzene rings is 2. The molecule has 0 saturated heterocycles. The van der Waals surface area contributed by atoms with Gasteiger partial charge in [-0.25, -0.2) is 0 Å². The molecule has 0 radical (unpaired) electrons. The number of hydrogen-bond donors (Lipinski definition) is 1. The molecule has 0 saturated carbocycles. The third kappa shape index (κ3) is 6.43. The first kappa shape index (κ1) is 27.0. The van der Waals surface area contributed by atoms with E-state index in [0.717, 1.165) is 5.57 Å². The van der Waals surface area contributed by atoms with Crippen LogP contribution in [0, 0.1) is 11.8 Å². The number of hydrogen-bond acceptors (Lipinski definition) is 4. The molecule has 2 aromatic carbocycles. The van der Waals surface area contributed by atoms with Gasteiger partial charge < -0.3 is 14.3 Å². The first-order valence-electron chi connectivity index (χ1n) is 11.9. The molecule has 5 heteroatoms. The van der Waals surface area contributed by atoms with Gasteiger partial charge in [0.15, 0.2) is 0 Å². The molecule has 2 rings (SSSR count). The number of ether oxygens (including phenoxy) is 1. The molecule has 180 valence electrons. The van der Waals surface area contributed by atoms with Gasteiger partial charge in [-0.3, -0.25) is 4.79 Å². The van der Waals surface area contributed by atoms with E-state index in [-0.39, 0.29) is 23.5 Å². The molecule has 0 aliphatic carbocycles. The third-order valence-electron chi connectivity index (χ3n) is 6.31. The minimum absolute atomic E-state index is 0.00297. The second kappa shape index (κ2) is 12.3. The van der Waals surface area contributed by atoms with E-state index in [2.05, 4.69) is 75.9 Å². The summed E-state index contributed by atoms with van der Waals surface area (Å²) in [5.41, 5.74) is 0.882. The minimum atomic E-state index is -2.67. The van der Waals surface area contributed by atoms with Gasteiger partial charge in [-0.2, -0.15) is 0 Å². The van der Waals surface area contributed by atoms with E-state index in [4.69, 9.17) is 9.16 Å². The molecular weight excluding hydrogens is 428 g/mol. The maximum atomic E-state index is 12.9. The topological polar surface area (TPSA) is 55.8 Å². The molecule has 2 atom stereocenters. The van der Waals surface area contributed by atoms with Crippen LogP contribution in [0.15, 0.2) is 72.8 Å². The molecule has 4 nitrogen and oxygen atoms in total. The van der Waals surface area contributed by atoms with Gasteiger partial charge in [0.2, 0.25) is 0 Å². The van der Waals surface area contributed by atoms with Crippen molar-refractivity contribution in [2.75, 3.05) is 19.8 Å². The lowest BCUT2D eigenvalue weighted by Gasteiger charge is -2.43. The van der Waals surface area contributed by atoms with E-state index >= 15 is 0 Å². The lowest BCUT2D eigenvalue weighted by atomic mass is 9.83. The fourth-order valence-electron chi connectivity index (χ4n) is 4.76. The SMILES string of the molecule is C=C(C)C(CCO)C(CCO[Si](c1ccccc1)(c1ccccc1)C(C)(C)C)C(=O)OCC. The van der Waals surface area contributed by atoms with Crippen LogP contribution >= 0.6 is 0 Å². The van der Waals surface area contributed by atoms with Crippen LogP contribution < -0.4 is 10.4 Å². The van der Waals surface area contributed by atoms with E-state index in [1.54, 1.807) is 0 Å². The largest absolute Gasteiger partial charge is 0.466 e. The van der Waals surface area contributed by atoms with Gasteiger partial charge in [-0.05, 0) is 48.0 Å². The average molecular weight is 469 g/mol. The standard InChI is InChI=1S/C28H40O4Si/c1-7-31-27(30)26(25(18-20-29)22(2)3)19-21-32-33(28(4,5)6,23-14-10-8-11-15-23)24-16-12-9-13-17-24/h8-17,25-26,29H,2,7,18-21H2,1,3-6H3. The van der Waals surface area contributed by atoms with Gasteiger partial charge in [-0.1, -0.05) is 93.6 Å². The summed E-state index contributed by atoms with van der Waals surface area (Å²) in [5.74, 6) is -0.783. The van der Waals surface area contributed by atoms with Crippen molar-refractivity contribution in [2.24, 2.45) is 11.8 Å². The fourth-order valence-corrected chi connectivity index (χ4v) is 9.34. The van der Waals surface area contributed by atoms with Crippen molar-refractivity contribution in [3.8, 4) is 0 Å². The normalized spacial score (nSPS) is 13.9. The summed E-state index contributed by atoms with van der Waals surface area (Å²) in [6.45, 7) is 15.3. The molecule has 0 amide bonds. The molecule has 0 spiro atoms. The summed E-state index contributed by atoms with van der Waals surface area (Å²) in [6, 6.07) is 21.0. The molecule has 0 heterocycles. The summed E-state index contributed by atoms with van der Waals surface area (Å²) >= 11 is 0. The van der Waals surface area contributed by atoms with Crippen molar-refractivity contribution < 1.29 is 19.1 Å². The third-order valence-corrected chi connectivity index (χ3v) is 11.4. The number of aliphatic hydroxyl groups is 1. The Morgan fingerprint density at radius 1 is 0.970 bits per heavy atom. The number of carbonyl (C=O) groups excluding carboxylic acids is 1. The smallest absolute Gasteiger partial charge is 0.309 e. The van der Waals surface area contributed by atoms with Gasteiger partial charge in [0.25, 0.3) is 8.32 Å². The highest BCUT2D eigenvalue weighted by Gasteiger charge is 2.50. The van der Waals surface area contributed by atoms with Crippen molar-refractivity contribution in [1.82, 2.24) is 0 Å². The molecule has 0 bridgehead atoms. The van der Waals surface area contributed by atoms with Crippen LogP contribution in [0.4, 0.5) is 0 Å². The van der Waals surface area contributed by atoms with Gasteiger partial charge in [0.05, 0.1) is 12.5 Å². The highest BCUT2D eigenvalue weighted by molar-refractivity contribution is 6.99. The molecule has 0 fully saturated rings. The monoisotopic (exact) mass is 468 g/mol. The average Bonchev–Trinajstić information content (AvgIpc) is 2.78. The summed E-state index contributed by atoms with van der Waals surface area (Å²) in [4.78, 5) is 12.9. The van der Waals surface area contributed by atoms with Crippen molar-refractivity contribution in [2.45, 2.75) is 52.5 Å². The number of allylic oxidation sites excluding steroid dienone is 1. The van der Waals surface area contributed by atoms with E-state index in [1.165, 1.54) is 10.4 Å². The first-order valence-corrected chi connectivity index (χ1v) is 13.8. The van der Waals surface area contributed by atoms with E-state index < -0.39 is 14.2 Å². The maximum absolute atomic E-state index is 12.9. The summed E-state index contributed by atoms with van der Waals surface area (Å²) in [5, 5.41) is 11.9. The summed E-state index contributed by atoms with van der Waals surface area (Å²) < 4.78 is 12.4. The predicted octanol–water partition coefficient (Wildman–Crippen LogP) is 4.71. The van der Waals surface area contributed by atoms with Crippen molar-refractivity contribution in [3.05, 3.63) is 72.8 Å². The lowest BCUT2D eigenvalue weighted by molar-refractivity contribution is -0.150.